The minimum atomic E-state index is -4.42. The summed E-state index contributed by atoms with van der Waals surface area (Å²) in [5.74, 6) is 0. The first kappa shape index (κ1) is 12.6. The van der Waals surface area contributed by atoms with E-state index in [2.05, 4.69) is 4.98 Å². The molecule has 1 atom stereocenters. The zero-order valence-corrected chi connectivity index (χ0v) is 9.52. The van der Waals surface area contributed by atoms with Crippen molar-refractivity contribution < 1.29 is 18.3 Å². The fourth-order valence-corrected chi connectivity index (χ4v) is 1.63. The Balaban J connectivity index is 2.34. The molecule has 0 aliphatic carbocycles. The van der Waals surface area contributed by atoms with Crippen LogP contribution in [0.1, 0.15) is 22.9 Å². The minimum absolute atomic E-state index is 0.170. The Morgan fingerprint density at radius 1 is 1.33 bits per heavy atom. The third kappa shape index (κ3) is 2.53. The van der Waals surface area contributed by atoms with Crippen LogP contribution in [-0.2, 0) is 13.2 Å². The van der Waals surface area contributed by atoms with Gasteiger partial charge in [-0.15, -0.1) is 0 Å². The standard InChI is InChI=1S/C12H11F3N2O/c1-17-6-10(16-7-17)11(18)8-3-2-4-9(5-8)12(13,14)15/h2-7,11,18H,1H3. The number of nitrogens with zero attached hydrogens (tertiary/aromatic N) is 2. The minimum Gasteiger partial charge on any atom is -0.382 e. The maximum Gasteiger partial charge on any atom is 0.416 e. The van der Waals surface area contributed by atoms with Gasteiger partial charge in [0.25, 0.3) is 0 Å². The van der Waals surface area contributed by atoms with E-state index in [0.29, 0.717) is 5.69 Å². The number of hydrogen-bond donors (Lipinski definition) is 1. The number of hydrogen-bond acceptors (Lipinski definition) is 2. The molecule has 2 rings (SSSR count). The molecule has 0 saturated carbocycles. The second kappa shape index (κ2) is 4.45. The van der Waals surface area contributed by atoms with E-state index in [1.165, 1.54) is 18.5 Å². The van der Waals surface area contributed by atoms with Gasteiger partial charge in [-0.2, -0.15) is 13.2 Å². The Labute approximate surface area is 102 Å². The lowest BCUT2D eigenvalue weighted by Crippen LogP contribution is -2.07. The quantitative estimate of drug-likeness (QED) is 0.896. The van der Waals surface area contributed by atoms with Crippen molar-refractivity contribution in [3.8, 4) is 0 Å². The van der Waals surface area contributed by atoms with Crippen molar-refractivity contribution in [3.05, 3.63) is 53.6 Å². The molecule has 96 valence electrons. The highest BCUT2D eigenvalue weighted by atomic mass is 19.4. The summed E-state index contributed by atoms with van der Waals surface area (Å²) in [6, 6.07) is 4.60. The van der Waals surface area contributed by atoms with Crippen LogP contribution < -0.4 is 0 Å². The summed E-state index contributed by atoms with van der Waals surface area (Å²) in [4.78, 5) is 3.92. The topological polar surface area (TPSA) is 38.0 Å². The van der Waals surface area contributed by atoms with Crippen LogP contribution in [0.25, 0.3) is 0 Å². The van der Waals surface area contributed by atoms with Crippen molar-refractivity contribution in [3.63, 3.8) is 0 Å². The molecule has 0 amide bonds. The van der Waals surface area contributed by atoms with Crippen molar-refractivity contribution in [2.75, 3.05) is 0 Å². The van der Waals surface area contributed by atoms with E-state index >= 15 is 0 Å². The molecule has 1 aromatic carbocycles. The highest BCUT2D eigenvalue weighted by molar-refractivity contribution is 5.30. The molecule has 0 fully saturated rings. The van der Waals surface area contributed by atoms with Crippen LogP contribution in [-0.4, -0.2) is 14.7 Å². The molecule has 0 bridgehead atoms. The number of aryl methyl sites for hydroxylation is 1. The van der Waals surface area contributed by atoms with Gasteiger partial charge in [0, 0.05) is 13.2 Å². The van der Waals surface area contributed by atoms with Gasteiger partial charge in [0.1, 0.15) is 6.10 Å². The summed E-state index contributed by atoms with van der Waals surface area (Å²) in [6.07, 6.45) is -2.54. The van der Waals surface area contributed by atoms with Gasteiger partial charge in [0.05, 0.1) is 17.6 Å². The van der Waals surface area contributed by atoms with Gasteiger partial charge in [-0.05, 0) is 17.7 Å². The summed E-state index contributed by atoms with van der Waals surface area (Å²) >= 11 is 0. The normalized spacial score (nSPS) is 13.6. The average Bonchev–Trinajstić information content (AvgIpc) is 2.74. The molecule has 0 aliphatic rings. The zero-order chi connectivity index (χ0) is 13.3. The summed E-state index contributed by atoms with van der Waals surface area (Å²) < 4.78 is 39.2. The Hall–Kier alpha value is -1.82. The molecule has 6 heteroatoms. The van der Waals surface area contributed by atoms with Gasteiger partial charge in [0.15, 0.2) is 0 Å². The number of benzene rings is 1. The Morgan fingerprint density at radius 3 is 2.61 bits per heavy atom. The molecule has 0 aliphatic heterocycles. The summed E-state index contributed by atoms with van der Waals surface area (Å²) in [5.41, 5.74) is -0.296. The zero-order valence-electron chi connectivity index (χ0n) is 9.52. The SMILES string of the molecule is Cn1cnc(C(O)c2cccc(C(F)(F)F)c2)c1. The molecule has 1 N–H and O–H groups in total. The molecule has 0 saturated heterocycles. The van der Waals surface area contributed by atoms with E-state index < -0.39 is 17.8 Å². The second-order valence-electron chi connectivity index (χ2n) is 3.99. The van der Waals surface area contributed by atoms with E-state index in [9.17, 15) is 18.3 Å². The summed E-state index contributed by atoms with van der Waals surface area (Å²) in [7, 11) is 1.72. The highest BCUT2D eigenvalue weighted by Crippen LogP contribution is 2.31. The largest absolute Gasteiger partial charge is 0.416 e. The Kier molecular flexibility index (Phi) is 3.13. The van der Waals surface area contributed by atoms with Crippen molar-refractivity contribution in [1.82, 2.24) is 9.55 Å². The molecule has 3 nitrogen and oxygen atoms in total. The van der Waals surface area contributed by atoms with Gasteiger partial charge in [-0.3, -0.25) is 0 Å². The van der Waals surface area contributed by atoms with Crippen LogP contribution >= 0.6 is 0 Å². The number of imidazole rings is 1. The molecule has 0 radical (unpaired) electrons. The smallest absolute Gasteiger partial charge is 0.382 e. The van der Waals surface area contributed by atoms with E-state index in [1.54, 1.807) is 17.8 Å². The lowest BCUT2D eigenvalue weighted by Gasteiger charge is -2.12. The van der Waals surface area contributed by atoms with E-state index in [1.807, 2.05) is 0 Å². The summed E-state index contributed by atoms with van der Waals surface area (Å²) in [5, 5.41) is 9.95. The van der Waals surface area contributed by atoms with Crippen molar-refractivity contribution in [2.45, 2.75) is 12.3 Å². The van der Waals surface area contributed by atoms with E-state index in [0.717, 1.165) is 12.1 Å². The molecule has 18 heavy (non-hydrogen) atoms. The van der Waals surface area contributed by atoms with Crippen molar-refractivity contribution in [1.29, 1.82) is 0 Å². The maximum atomic E-state index is 12.5. The van der Waals surface area contributed by atoms with Crippen molar-refractivity contribution >= 4 is 0 Å². The predicted molar refractivity (Wildman–Crippen MR) is 58.7 cm³/mol. The molecule has 1 unspecified atom stereocenters. The van der Waals surface area contributed by atoms with Gasteiger partial charge in [0.2, 0.25) is 0 Å². The summed E-state index contributed by atoms with van der Waals surface area (Å²) in [6.45, 7) is 0. The van der Waals surface area contributed by atoms with E-state index in [4.69, 9.17) is 0 Å². The number of aromatic nitrogens is 2. The first-order valence-corrected chi connectivity index (χ1v) is 5.21. The van der Waals surface area contributed by atoms with Crippen molar-refractivity contribution in [2.24, 2.45) is 7.05 Å². The van der Waals surface area contributed by atoms with Crippen LogP contribution in [0.15, 0.2) is 36.8 Å². The fourth-order valence-electron chi connectivity index (χ4n) is 1.63. The molecule has 1 heterocycles. The number of alkyl halides is 3. The number of aliphatic hydroxyl groups excluding tert-OH is 1. The fraction of sp³-hybridized carbons (Fsp3) is 0.250. The second-order valence-corrected chi connectivity index (χ2v) is 3.99. The molecular formula is C12H11F3N2O. The van der Waals surface area contributed by atoms with Crippen LogP contribution in [0, 0.1) is 0 Å². The lowest BCUT2D eigenvalue weighted by molar-refractivity contribution is -0.137. The number of rotatable bonds is 2. The first-order chi connectivity index (χ1) is 8.38. The van der Waals surface area contributed by atoms with Gasteiger partial charge in [-0.25, -0.2) is 4.98 Å². The third-order valence-corrected chi connectivity index (χ3v) is 2.53. The average molecular weight is 256 g/mol. The van der Waals surface area contributed by atoms with Crippen LogP contribution in [0.4, 0.5) is 13.2 Å². The maximum absolute atomic E-state index is 12.5. The van der Waals surface area contributed by atoms with Gasteiger partial charge >= 0.3 is 6.18 Å². The predicted octanol–water partition coefficient (Wildman–Crippen LogP) is 2.52. The molecular weight excluding hydrogens is 245 g/mol. The third-order valence-electron chi connectivity index (χ3n) is 2.53. The molecule has 1 aromatic heterocycles. The number of aliphatic hydroxyl groups is 1. The number of halogens is 3. The van der Waals surface area contributed by atoms with Crippen LogP contribution in [0.3, 0.4) is 0 Å². The first-order valence-electron chi connectivity index (χ1n) is 5.21. The lowest BCUT2D eigenvalue weighted by atomic mass is 10.0. The Morgan fingerprint density at radius 2 is 2.06 bits per heavy atom. The van der Waals surface area contributed by atoms with Gasteiger partial charge < -0.3 is 9.67 Å². The Bertz CT molecular complexity index is 548. The molecule has 2 aromatic rings. The van der Waals surface area contributed by atoms with Crippen LogP contribution in [0.5, 0.6) is 0 Å². The van der Waals surface area contributed by atoms with Gasteiger partial charge in [-0.1, -0.05) is 12.1 Å². The van der Waals surface area contributed by atoms with Crippen LogP contribution in [0.2, 0.25) is 0 Å². The monoisotopic (exact) mass is 256 g/mol. The van der Waals surface area contributed by atoms with E-state index in [-0.39, 0.29) is 5.56 Å². The molecule has 0 spiro atoms. The highest BCUT2D eigenvalue weighted by Gasteiger charge is 2.31.